The molecule has 0 saturated carbocycles. The van der Waals surface area contributed by atoms with Gasteiger partial charge in [0.1, 0.15) is 0 Å². The van der Waals surface area contributed by atoms with Crippen LogP contribution in [0.5, 0.6) is 0 Å². The van der Waals surface area contributed by atoms with E-state index >= 15 is 0 Å². The van der Waals surface area contributed by atoms with Gasteiger partial charge in [0.05, 0.1) is 0 Å². The largest absolute Gasteiger partial charge is 0.352 e. The van der Waals surface area contributed by atoms with E-state index in [2.05, 4.69) is 55.3 Å². The monoisotopic (exact) mass is 262 g/mol. The Morgan fingerprint density at radius 1 is 1.21 bits per heavy atom. The number of hydrogen-bond donors (Lipinski definition) is 1. The second-order valence-corrected chi connectivity index (χ2v) is 5.33. The number of carbonyl (C=O) groups excluding carboxylic acids is 1. The molecule has 1 aromatic carbocycles. The highest BCUT2D eigenvalue weighted by Gasteiger charge is 2.14. The maximum atomic E-state index is 11.4. The summed E-state index contributed by atoms with van der Waals surface area (Å²) in [6, 6.07) is 11.1. The second kappa shape index (κ2) is 7.95. The van der Waals surface area contributed by atoms with Gasteiger partial charge in [0.25, 0.3) is 0 Å². The van der Waals surface area contributed by atoms with Crippen LogP contribution < -0.4 is 5.32 Å². The molecule has 1 rings (SSSR count). The van der Waals surface area contributed by atoms with Gasteiger partial charge in [-0.2, -0.15) is 0 Å². The van der Waals surface area contributed by atoms with Crippen molar-refractivity contribution in [3.63, 3.8) is 0 Å². The zero-order chi connectivity index (χ0) is 14.3. The van der Waals surface area contributed by atoms with E-state index in [1.807, 2.05) is 13.0 Å². The van der Waals surface area contributed by atoms with Gasteiger partial charge in [0, 0.05) is 31.6 Å². The molecule has 3 heteroatoms. The molecular weight excluding hydrogens is 236 g/mol. The Labute approximate surface area is 117 Å². The smallest absolute Gasteiger partial charge is 0.219 e. The van der Waals surface area contributed by atoms with E-state index < -0.39 is 0 Å². The Bertz CT molecular complexity index is 376. The fourth-order valence-corrected chi connectivity index (χ4v) is 2.05. The number of amides is 1. The second-order valence-electron chi connectivity index (χ2n) is 5.33. The van der Waals surface area contributed by atoms with Crippen LogP contribution in [0.3, 0.4) is 0 Å². The molecule has 3 nitrogen and oxygen atoms in total. The van der Waals surface area contributed by atoms with E-state index in [4.69, 9.17) is 0 Å². The summed E-state index contributed by atoms with van der Waals surface area (Å²) in [5, 5.41) is 3.02. The van der Waals surface area contributed by atoms with Crippen LogP contribution in [0.4, 0.5) is 0 Å². The fourth-order valence-electron chi connectivity index (χ4n) is 2.05. The van der Waals surface area contributed by atoms with Gasteiger partial charge >= 0.3 is 0 Å². The van der Waals surface area contributed by atoms with Crippen molar-refractivity contribution >= 4 is 5.91 Å². The third kappa shape index (κ3) is 5.88. The summed E-state index contributed by atoms with van der Waals surface area (Å²) in [5.41, 5.74) is 1.31. The Balaban J connectivity index is 2.56. The summed E-state index contributed by atoms with van der Waals surface area (Å²) in [7, 11) is 0. The number of benzene rings is 1. The zero-order valence-corrected chi connectivity index (χ0v) is 12.5. The van der Waals surface area contributed by atoms with Gasteiger partial charge in [-0.15, -0.1) is 0 Å². The van der Waals surface area contributed by atoms with Crippen molar-refractivity contribution in [2.75, 3.05) is 6.54 Å². The fraction of sp³-hybridized carbons (Fsp3) is 0.562. The predicted molar refractivity (Wildman–Crippen MR) is 79.9 cm³/mol. The molecule has 0 aliphatic carbocycles. The van der Waals surface area contributed by atoms with Gasteiger partial charge in [0.15, 0.2) is 0 Å². The van der Waals surface area contributed by atoms with E-state index in [-0.39, 0.29) is 11.9 Å². The Hall–Kier alpha value is -1.35. The van der Waals surface area contributed by atoms with E-state index in [0.717, 1.165) is 13.1 Å². The van der Waals surface area contributed by atoms with Crippen LogP contribution in [0.25, 0.3) is 0 Å². The molecule has 0 aliphatic heterocycles. The summed E-state index contributed by atoms with van der Waals surface area (Å²) in [5.74, 6) is 0.121. The molecule has 19 heavy (non-hydrogen) atoms. The van der Waals surface area contributed by atoms with Crippen LogP contribution in [0, 0.1) is 0 Å². The highest BCUT2D eigenvalue weighted by Crippen LogP contribution is 2.08. The molecule has 1 aromatic rings. The zero-order valence-electron chi connectivity index (χ0n) is 12.5. The van der Waals surface area contributed by atoms with Crippen molar-refractivity contribution in [3.8, 4) is 0 Å². The SMILES string of the molecule is CCC(=O)NC(C)CN(Cc1ccccc1)C(C)C. The molecule has 1 atom stereocenters. The highest BCUT2D eigenvalue weighted by molar-refractivity contribution is 5.75. The molecule has 1 N–H and O–H groups in total. The number of nitrogens with zero attached hydrogens (tertiary/aromatic N) is 1. The van der Waals surface area contributed by atoms with Gasteiger partial charge in [0.2, 0.25) is 5.91 Å². The number of rotatable bonds is 7. The summed E-state index contributed by atoms with van der Waals surface area (Å²) in [6.45, 7) is 10.1. The summed E-state index contributed by atoms with van der Waals surface area (Å²) < 4.78 is 0. The molecular formula is C16H26N2O. The Kier molecular flexibility index (Phi) is 6.57. The normalized spacial score (nSPS) is 12.7. The van der Waals surface area contributed by atoms with Crippen molar-refractivity contribution in [3.05, 3.63) is 35.9 Å². The van der Waals surface area contributed by atoms with Gasteiger partial charge in [-0.3, -0.25) is 9.69 Å². The summed E-state index contributed by atoms with van der Waals surface area (Å²) in [6.07, 6.45) is 0.546. The van der Waals surface area contributed by atoms with Crippen LogP contribution in [-0.4, -0.2) is 29.4 Å². The maximum absolute atomic E-state index is 11.4. The maximum Gasteiger partial charge on any atom is 0.219 e. The van der Waals surface area contributed by atoms with E-state index in [1.54, 1.807) is 0 Å². The molecule has 0 aromatic heterocycles. The average molecular weight is 262 g/mol. The van der Waals surface area contributed by atoms with Crippen LogP contribution in [0.15, 0.2) is 30.3 Å². The minimum Gasteiger partial charge on any atom is -0.352 e. The van der Waals surface area contributed by atoms with E-state index in [9.17, 15) is 4.79 Å². The van der Waals surface area contributed by atoms with Crippen LogP contribution in [0.1, 0.15) is 39.7 Å². The number of nitrogens with one attached hydrogen (secondary N) is 1. The quantitative estimate of drug-likeness (QED) is 0.819. The summed E-state index contributed by atoms with van der Waals surface area (Å²) >= 11 is 0. The molecule has 1 amide bonds. The van der Waals surface area contributed by atoms with Crippen molar-refractivity contribution in [1.82, 2.24) is 10.2 Å². The lowest BCUT2D eigenvalue weighted by Crippen LogP contribution is -2.43. The van der Waals surface area contributed by atoms with Gasteiger partial charge in [-0.25, -0.2) is 0 Å². The number of carbonyl (C=O) groups is 1. The van der Waals surface area contributed by atoms with E-state index in [0.29, 0.717) is 12.5 Å². The molecule has 0 saturated heterocycles. The lowest BCUT2D eigenvalue weighted by atomic mass is 10.1. The molecule has 0 bridgehead atoms. The molecule has 1 unspecified atom stereocenters. The highest BCUT2D eigenvalue weighted by atomic mass is 16.1. The molecule has 0 heterocycles. The topological polar surface area (TPSA) is 32.3 Å². The third-order valence-corrected chi connectivity index (χ3v) is 3.20. The predicted octanol–water partition coefficient (Wildman–Crippen LogP) is 2.81. The first-order valence-electron chi connectivity index (χ1n) is 7.10. The Morgan fingerprint density at radius 2 is 1.84 bits per heavy atom. The molecule has 0 aliphatic rings. The van der Waals surface area contributed by atoms with Gasteiger partial charge < -0.3 is 5.32 Å². The average Bonchev–Trinajstić information content (AvgIpc) is 2.38. The first-order chi connectivity index (χ1) is 9.02. The standard InChI is InChI=1S/C16H26N2O/c1-5-16(19)17-14(4)11-18(13(2)3)12-15-9-7-6-8-10-15/h6-10,13-14H,5,11-12H2,1-4H3,(H,17,19). The van der Waals surface area contributed by atoms with Crippen LogP contribution in [-0.2, 0) is 11.3 Å². The summed E-state index contributed by atoms with van der Waals surface area (Å²) in [4.78, 5) is 13.8. The molecule has 0 fully saturated rings. The molecule has 0 spiro atoms. The van der Waals surface area contributed by atoms with Gasteiger partial charge in [-0.1, -0.05) is 37.3 Å². The first-order valence-corrected chi connectivity index (χ1v) is 7.10. The van der Waals surface area contributed by atoms with Crippen LogP contribution >= 0.6 is 0 Å². The lowest BCUT2D eigenvalue weighted by molar-refractivity contribution is -0.121. The number of hydrogen-bond acceptors (Lipinski definition) is 2. The van der Waals surface area contributed by atoms with E-state index in [1.165, 1.54) is 5.56 Å². The van der Waals surface area contributed by atoms with Crippen molar-refractivity contribution in [2.24, 2.45) is 0 Å². The minimum absolute atomic E-state index is 0.121. The Morgan fingerprint density at radius 3 is 2.37 bits per heavy atom. The molecule has 0 radical (unpaired) electrons. The van der Waals surface area contributed by atoms with Gasteiger partial charge in [-0.05, 0) is 26.3 Å². The first kappa shape index (κ1) is 15.7. The third-order valence-electron chi connectivity index (χ3n) is 3.20. The minimum atomic E-state index is 0.121. The lowest BCUT2D eigenvalue weighted by Gasteiger charge is -2.29. The van der Waals surface area contributed by atoms with Crippen molar-refractivity contribution < 1.29 is 4.79 Å². The van der Waals surface area contributed by atoms with Crippen molar-refractivity contribution in [1.29, 1.82) is 0 Å². The van der Waals surface area contributed by atoms with Crippen LogP contribution in [0.2, 0.25) is 0 Å². The molecule has 106 valence electrons. The van der Waals surface area contributed by atoms with Crippen molar-refractivity contribution in [2.45, 2.75) is 52.7 Å².